The van der Waals surface area contributed by atoms with E-state index in [9.17, 15) is 8.42 Å². The SMILES string of the molecule is CCN(CC)S(=O)(=O)c1cccc(-c2nnc(SCCOc3cccc(Cl)c3)o2)c1. The summed E-state index contributed by atoms with van der Waals surface area (Å²) in [6.07, 6.45) is 0. The molecule has 1 heterocycles. The Morgan fingerprint density at radius 1 is 1.10 bits per heavy atom. The van der Waals surface area contributed by atoms with Gasteiger partial charge in [-0.1, -0.05) is 49.3 Å². The summed E-state index contributed by atoms with van der Waals surface area (Å²) in [5.41, 5.74) is 0.553. The summed E-state index contributed by atoms with van der Waals surface area (Å²) in [7, 11) is -3.56. The summed E-state index contributed by atoms with van der Waals surface area (Å²) >= 11 is 7.29. The van der Waals surface area contributed by atoms with Gasteiger partial charge in [0.25, 0.3) is 5.22 Å². The van der Waals surface area contributed by atoms with Gasteiger partial charge in [-0.05, 0) is 36.4 Å². The third-order valence-corrected chi connectivity index (χ3v) is 7.27. The lowest BCUT2D eigenvalue weighted by Gasteiger charge is -2.18. The molecule has 0 spiro atoms. The van der Waals surface area contributed by atoms with Crippen LogP contribution in [0.3, 0.4) is 0 Å². The quantitative estimate of drug-likeness (QED) is 0.318. The van der Waals surface area contributed by atoms with Crippen molar-refractivity contribution < 1.29 is 17.6 Å². The largest absolute Gasteiger partial charge is 0.493 e. The van der Waals surface area contributed by atoms with E-state index in [2.05, 4.69) is 10.2 Å². The number of hydrogen-bond acceptors (Lipinski definition) is 7. The predicted octanol–water partition coefficient (Wildman–Crippen LogP) is 4.59. The van der Waals surface area contributed by atoms with Crippen molar-refractivity contribution in [3.05, 3.63) is 53.6 Å². The van der Waals surface area contributed by atoms with Crippen molar-refractivity contribution in [1.29, 1.82) is 0 Å². The average molecular weight is 468 g/mol. The maximum Gasteiger partial charge on any atom is 0.276 e. The van der Waals surface area contributed by atoms with E-state index in [1.165, 1.54) is 16.1 Å². The van der Waals surface area contributed by atoms with Crippen LogP contribution < -0.4 is 4.74 Å². The Morgan fingerprint density at radius 3 is 2.60 bits per heavy atom. The third-order valence-electron chi connectivity index (χ3n) is 4.20. The first-order valence-corrected chi connectivity index (χ1v) is 12.2. The first kappa shape index (κ1) is 22.6. The lowest BCUT2D eigenvalue weighted by atomic mass is 10.2. The van der Waals surface area contributed by atoms with Gasteiger partial charge < -0.3 is 9.15 Å². The van der Waals surface area contributed by atoms with Crippen LogP contribution in [0.5, 0.6) is 5.75 Å². The fraction of sp³-hybridized carbons (Fsp3) is 0.300. The molecule has 0 fully saturated rings. The zero-order valence-electron chi connectivity index (χ0n) is 16.6. The molecule has 30 heavy (non-hydrogen) atoms. The number of benzene rings is 2. The minimum atomic E-state index is -3.56. The molecule has 7 nitrogen and oxygen atoms in total. The van der Waals surface area contributed by atoms with Crippen LogP contribution in [-0.2, 0) is 10.0 Å². The molecule has 10 heteroatoms. The highest BCUT2D eigenvalue weighted by molar-refractivity contribution is 7.99. The van der Waals surface area contributed by atoms with E-state index >= 15 is 0 Å². The van der Waals surface area contributed by atoms with Crippen LogP contribution in [0.2, 0.25) is 5.02 Å². The number of rotatable bonds is 10. The van der Waals surface area contributed by atoms with Crippen LogP contribution in [0.1, 0.15) is 13.8 Å². The van der Waals surface area contributed by atoms with Crippen molar-refractivity contribution in [3.8, 4) is 17.2 Å². The topological polar surface area (TPSA) is 85.5 Å². The fourth-order valence-electron chi connectivity index (χ4n) is 2.73. The van der Waals surface area contributed by atoms with Gasteiger partial charge in [-0.3, -0.25) is 0 Å². The number of hydrogen-bond donors (Lipinski definition) is 0. The number of aromatic nitrogens is 2. The summed E-state index contributed by atoms with van der Waals surface area (Å²) in [5, 5.41) is 9.06. The van der Waals surface area contributed by atoms with Gasteiger partial charge in [0.2, 0.25) is 15.9 Å². The molecule has 0 saturated carbocycles. The molecule has 0 aliphatic carbocycles. The molecule has 0 atom stereocenters. The van der Waals surface area contributed by atoms with Crippen LogP contribution in [0.15, 0.2) is 63.1 Å². The van der Waals surface area contributed by atoms with Crippen LogP contribution in [0.4, 0.5) is 0 Å². The molecular formula is C20H22ClN3O4S2. The Balaban J connectivity index is 1.63. The molecule has 0 radical (unpaired) electrons. The summed E-state index contributed by atoms with van der Waals surface area (Å²) in [6.45, 7) is 4.87. The second-order valence-electron chi connectivity index (χ2n) is 6.14. The van der Waals surface area contributed by atoms with Crippen LogP contribution in [-0.4, -0.2) is 48.4 Å². The Hall–Kier alpha value is -2.07. The summed E-state index contributed by atoms with van der Waals surface area (Å²) in [6, 6.07) is 13.7. The van der Waals surface area contributed by atoms with Gasteiger partial charge in [-0.25, -0.2) is 8.42 Å². The van der Waals surface area contributed by atoms with Crippen molar-refractivity contribution in [1.82, 2.24) is 14.5 Å². The van der Waals surface area contributed by atoms with Crippen molar-refractivity contribution in [2.45, 2.75) is 24.0 Å². The first-order valence-electron chi connectivity index (χ1n) is 9.39. The summed E-state index contributed by atoms with van der Waals surface area (Å²) in [4.78, 5) is 0.200. The second-order valence-corrected chi connectivity index (χ2v) is 9.57. The third kappa shape index (κ3) is 5.54. The molecule has 2 aromatic carbocycles. The smallest absolute Gasteiger partial charge is 0.276 e. The molecule has 0 unspecified atom stereocenters. The highest BCUT2D eigenvalue weighted by atomic mass is 35.5. The molecule has 0 amide bonds. The summed E-state index contributed by atoms with van der Waals surface area (Å²) in [5.74, 6) is 1.57. The molecule has 0 bridgehead atoms. The van der Waals surface area contributed by atoms with Gasteiger partial charge in [-0.15, -0.1) is 10.2 Å². The van der Waals surface area contributed by atoms with E-state index < -0.39 is 10.0 Å². The minimum Gasteiger partial charge on any atom is -0.493 e. The predicted molar refractivity (Wildman–Crippen MR) is 118 cm³/mol. The van der Waals surface area contributed by atoms with Gasteiger partial charge in [0, 0.05) is 29.4 Å². The molecule has 0 aliphatic heterocycles. The van der Waals surface area contributed by atoms with E-state index in [1.807, 2.05) is 26.0 Å². The van der Waals surface area contributed by atoms with Gasteiger partial charge in [-0.2, -0.15) is 4.31 Å². The van der Waals surface area contributed by atoms with Crippen LogP contribution in [0, 0.1) is 0 Å². The standard InChI is InChI=1S/C20H22ClN3O4S2/c1-3-24(4-2)30(25,26)18-10-5-7-15(13-18)19-22-23-20(28-19)29-12-11-27-17-9-6-8-16(21)14-17/h5-10,13-14H,3-4,11-12H2,1-2H3. The lowest BCUT2D eigenvalue weighted by Crippen LogP contribution is -2.30. The van der Waals surface area contributed by atoms with E-state index in [0.717, 1.165) is 0 Å². The Bertz CT molecular complexity index is 1080. The molecule has 160 valence electrons. The van der Waals surface area contributed by atoms with E-state index in [4.69, 9.17) is 20.8 Å². The Morgan fingerprint density at radius 2 is 1.87 bits per heavy atom. The normalized spacial score (nSPS) is 11.7. The van der Waals surface area contributed by atoms with Crippen molar-refractivity contribution in [2.24, 2.45) is 0 Å². The van der Waals surface area contributed by atoms with E-state index in [0.29, 0.717) is 47.0 Å². The lowest BCUT2D eigenvalue weighted by molar-refractivity contribution is 0.343. The fourth-order valence-corrected chi connectivity index (χ4v) is 4.99. The molecule has 0 N–H and O–H groups in total. The number of thioether (sulfide) groups is 1. The van der Waals surface area contributed by atoms with Gasteiger partial charge >= 0.3 is 0 Å². The maximum atomic E-state index is 12.7. The van der Waals surface area contributed by atoms with Crippen molar-refractivity contribution in [2.75, 3.05) is 25.4 Å². The van der Waals surface area contributed by atoms with E-state index in [1.54, 1.807) is 36.4 Å². The molecule has 1 aromatic heterocycles. The molecule has 3 aromatic rings. The van der Waals surface area contributed by atoms with Gasteiger partial charge in [0.05, 0.1) is 11.5 Å². The van der Waals surface area contributed by atoms with Crippen LogP contribution >= 0.6 is 23.4 Å². The molecular weight excluding hydrogens is 446 g/mol. The average Bonchev–Trinajstić information content (AvgIpc) is 3.21. The minimum absolute atomic E-state index is 0.200. The van der Waals surface area contributed by atoms with Gasteiger partial charge in [0.15, 0.2) is 0 Å². The number of halogens is 1. The van der Waals surface area contributed by atoms with E-state index in [-0.39, 0.29) is 10.8 Å². The number of nitrogens with zero attached hydrogens (tertiary/aromatic N) is 3. The van der Waals surface area contributed by atoms with Crippen LogP contribution in [0.25, 0.3) is 11.5 Å². The Kier molecular flexibility index (Phi) is 7.76. The van der Waals surface area contributed by atoms with Crippen molar-refractivity contribution in [3.63, 3.8) is 0 Å². The van der Waals surface area contributed by atoms with Gasteiger partial charge in [0.1, 0.15) is 5.75 Å². The second kappa shape index (κ2) is 10.3. The molecule has 0 aliphatic rings. The van der Waals surface area contributed by atoms with Crippen molar-refractivity contribution >= 4 is 33.4 Å². The number of sulfonamides is 1. The molecule has 3 rings (SSSR count). The Labute approximate surface area is 185 Å². The zero-order valence-corrected chi connectivity index (χ0v) is 19.0. The maximum absolute atomic E-state index is 12.7. The molecule has 0 saturated heterocycles. The number of ether oxygens (including phenoxy) is 1. The highest BCUT2D eigenvalue weighted by Crippen LogP contribution is 2.26. The summed E-state index contributed by atoms with van der Waals surface area (Å²) < 4.78 is 38.2. The highest BCUT2D eigenvalue weighted by Gasteiger charge is 2.22. The first-order chi connectivity index (χ1) is 14.4. The zero-order chi connectivity index (χ0) is 21.6. The monoisotopic (exact) mass is 467 g/mol.